The molecule has 3 heteroatoms. The van der Waals surface area contributed by atoms with Crippen LogP contribution in [0.3, 0.4) is 0 Å². The van der Waals surface area contributed by atoms with E-state index in [9.17, 15) is 0 Å². The average molecular weight is 265 g/mol. The van der Waals surface area contributed by atoms with Crippen molar-refractivity contribution >= 4 is 0 Å². The molecule has 0 amide bonds. The van der Waals surface area contributed by atoms with E-state index in [-0.39, 0.29) is 0 Å². The number of nitrogens with one attached hydrogen (secondary N) is 1. The van der Waals surface area contributed by atoms with E-state index in [4.69, 9.17) is 9.47 Å². The van der Waals surface area contributed by atoms with E-state index in [1.165, 1.54) is 0 Å². The summed E-state index contributed by atoms with van der Waals surface area (Å²) in [5.41, 5.74) is 0. The van der Waals surface area contributed by atoms with Crippen LogP contribution in [0.15, 0.2) is 24.3 Å². The standard InChI is InChI=1S/C16H27NO2/c1-5-10-17-16(13(3)6-2)12-19-15-9-7-8-14(11-15)18-4/h7-9,11,13,16-17H,5-6,10,12H2,1-4H3. The molecule has 1 aromatic carbocycles. The SMILES string of the molecule is CCCNC(COc1cccc(OC)c1)C(C)CC. The van der Waals surface area contributed by atoms with Crippen molar-refractivity contribution in [1.29, 1.82) is 0 Å². The van der Waals surface area contributed by atoms with Gasteiger partial charge in [0.05, 0.1) is 7.11 Å². The molecule has 0 bridgehead atoms. The summed E-state index contributed by atoms with van der Waals surface area (Å²) in [6.45, 7) is 8.40. The van der Waals surface area contributed by atoms with Gasteiger partial charge in [-0.05, 0) is 31.0 Å². The first kappa shape index (κ1) is 15.8. The van der Waals surface area contributed by atoms with E-state index < -0.39 is 0 Å². The van der Waals surface area contributed by atoms with Crippen molar-refractivity contribution in [3.8, 4) is 11.5 Å². The molecule has 0 radical (unpaired) electrons. The molecule has 0 aliphatic carbocycles. The molecule has 0 saturated carbocycles. The molecule has 0 aliphatic heterocycles. The van der Waals surface area contributed by atoms with Crippen molar-refractivity contribution in [1.82, 2.24) is 5.32 Å². The van der Waals surface area contributed by atoms with E-state index in [0.29, 0.717) is 18.6 Å². The lowest BCUT2D eigenvalue weighted by molar-refractivity contribution is 0.220. The highest BCUT2D eigenvalue weighted by Gasteiger charge is 2.15. The second-order valence-corrected chi connectivity index (χ2v) is 4.94. The van der Waals surface area contributed by atoms with E-state index in [0.717, 1.165) is 30.9 Å². The Morgan fingerprint density at radius 1 is 1.21 bits per heavy atom. The molecular weight excluding hydrogens is 238 g/mol. The smallest absolute Gasteiger partial charge is 0.123 e. The first-order valence-electron chi connectivity index (χ1n) is 7.21. The average Bonchev–Trinajstić information content (AvgIpc) is 2.46. The Kier molecular flexibility index (Phi) is 7.34. The number of rotatable bonds is 9. The first-order chi connectivity index (χ1) is 9.21. The first-order valence-corrected chi connectivity index (χ1v) is 7.21. The molecular formula is C16H27NO2. The molecule has 0 spiro atoms. The van der Waals surface area contributed by atoms with Crippen LogP contribution >= 0.6 is 0 Å². The van der Waals surface area contributed by atoms with Crippen molar-refractivity contribution in [2.24, 2.45) is 5.92 Å². The summed E-state index contributed by atoms with van der Waals surface area (Å²) in [4.78, 5) is 0. The van der Waals surface area contributed by atoms with Crippen LogP contribution in [0.4, 0.5) is 0 Å². The molecule has 0 heterocycles. The van der Waals surface area contributed by atoms with Gasteiger partial charge in [0.2, 0.25) is 0 Å². The van der Waals surface area contributed by atoms with Crippen molar-refractivity contribution in [3.63, 3.8) is 0 Å². The minimum Gasteiger partial charge on any atom is -0.497 e. The number of ether oxygens (including phenoxy) is 2. The topological polar surface area (TPSA) is 30.5 Å². The molecule has 1 aromatic rings. The van der Waals surface area contributed by atoms with Gasteiger partial charge in [0.1, 0.15) is 18.1 Å². The lowest BCUT2D eigenvalue weighted by atomic mass is 10.00. The Bertz CT molecular complexity index is 354. The van der Waals surface area contributed by atoms with Crippen molar-refractivity contribution < 1.29 is 9.47 Å². The lowest BCUT2D eigenvalue weighted by Gasteiger charge is -2.24. The van der Waals surface area contributed by atoms with Gasteiger partial charge >= 0.3 is 0 Å². The van der Waals surface area contributed by atoms with Crippen LogP contribution in [0.2, 0.25) is 0 Å². The summed E-state index contributed by atoms with van der Waals surface area (Å²) in [7, 11) is 1.67. The normalized spacial score (nSPS) is 13.9. The minimum atomic E-state index is 0.399. The lowest BCUT2D eigenvalue weighted by Crippen LogP contribution is -2.40. The number of methoxy groups -OCH3 is 1. The Hall–Kier alpha value is -1.22. The maximum absolute atomic E-state index is 5.89. The van der Waals surface area contributed by atoms with Crippen LogP contribution < -0.4 is 14.8 Å². The zero-order valence-corrected chi connectivity index (χ0v) is 12.6. The maximum Gasteiger partial charge on any atom is 0.123 e. The minimum absolute atomic E-state index is 0.399. The Morgan fingerprint density at radius 3 is 2.58 bits per heavy atom. The molecule has 1 N–H and O–H groups in total. The van der Waals surface area contributed by atoms with Gasteiger partial charge in [0.15, 0.2) is 0 Å². The van der Waals surface area contributed by atoms with Gasteiger partial charge in [-0.2, -0.15) is 0 Å². The molecule has 2 unspecified atom stereocenters. The Morgan fingerprint density at radius 2 is 1.95 bits per heavy atom. The third-order valence-electron chi connectivity index (χ3n) is 3.46. The predicted molar refractivity (Wildman–Crippen MR) is 80.0 cm³/mol. The molecule has 0 aliphatic rings. The zero-order chi connectivity index (χ0) is 14.1. The molecule has 0 saturated heterocycles. The second kappa shape index (κ2) is 8.81. The van der Waals surface area contributed by atoms with Crippen LogP contribution in [0.25, 0.3) is 0 Å². The maximum atomic E-state index is 5.89. The number of benzene rings is 1. The van der Waals surface area contributed by atoms with Gasteiger partial charge in [-0.15, -0.1) is 0 Å². The fourth-order valence-corrected chi connectivity index (χ4v) is 1.92. The Labute approximate surface area is 117 Å². The third kappa shape index (κ3) is 5.52. The van der Waals surface area contributed by atoms with Crippen LogP contribution in [0.5, 0.6) is 11.5 Å². The van der Waals surface area contributed by atoms with E-state index >= 15 is 0 Å². The predicted octanol–water partition coefficient (Wildman–Crippen LogP) is 3.49. The fraction of sp³-hybridized carbons (Fsp3) is 0.625. The molecule has 108 valence electrons. The highest BCUT2D eigenvalue weighted by Crippen LogP contribution is 2.19. The molecule has 3 nitrogen and oxygen atoms in total. The van der Waals surface area contributed by atoms with E-state index in [2.05, 4.69) is 26.1 Å². The number of hydrogen-bond acceptors (Lipinski definition) is 3. The van der Waals surface area contributed by atoms with Crippen molar-refractivity contribution in [3.05, 3.63) is 24.3 Å². The fourth-order valence-electron chi connectivity index (χ4n) is 1.92. The van der Waals surface area contributed by atoms with Gasteiger partial charge in [-0.3, -0.25) is 0 Å². The quantitative estimate of drug-likeness (QED) is 0.741. The van der Waals surface area contributed by atoms with Gasteiger partial charge in [-0.1, -0.05) is 33.3 Å². The molecule has 19 heavy (non-hydrogen) atoms. The summed E-state index contributed by atoms with van der Waals surface area (Å²) < 4.78 is 11.1. The number of hydrogen-bond donors (Lipinski definition) is 1. The molecule has 2 atom stereocenters. The molecule has 0 aromatic heterocycles. The zero-order valence-electron chi connectivity index (χ0n) is 12.6. The van der Waals surface area contributed by atoms with Crippen LogP contribution in [0, 0.1) is 5.92 Å². The largest absolute Gasteiger partial charge is 0.497 e. The van der Waals surface area contributed by atoms with Gasteiger partial charge in [0, 0.05) is 12.1 Å². The van der Waals surface area contributed by atoms with Crippen LogP contribution in [-0.4, -0.2) is 26.3 Å². The summed E-state index contributed by atoms with van der Waals surface area (Å²) in [6.07, 6.45) is 2.30. The van der Waals surface area contributed by atoms with E-state index in [1.54, 1.807) is 7.11 Å². The monoisotopic (exact) mass is 265 g/mol. The second-order valence-electron chi connectivity index (χ2n) is 4.94. The summed E-state index contributed by atoms with van der Waals surface area (Å²) in [5, 5.41) is 3.56. The van der Waals surface area contributed by atoms with Gasteiger partial charge in [0.25, 0.3) is 0 Å². The van der Waals surface area contributed by atoms with Crippen molar-refractivity contribution in [2.75, 3.05) is 20.3 Å². The molecule has 1 rings (SSSR count). The highest BCUT2D eigenvalue weighted by atomic mass is 16.5. The highest BCUT2D eigenvalue weighted by molar-refractivity contribution is 5.32. The van der Waals surface area contributed by atoms with E-state index in [1.807, 2.05) is 24.3 Å². The Balaban J connectivity index is 2.54. The third-order valence-corrected chi connectivity index (χ3v) is 3.46. The molecule has 0 fully saturated rings. The summed E-state index contributed by atoms with van der Waals surface area (Å²) in [6, 6.07) is 8.17. The van der Waals surface area contributed by atoms with Crippen molar-refractivity contribution in [2.45, 2.75) is 39.7 Å². The summed E-state index contributed by atoms with van der Waals surface area (Å²) >= 11 is 0. The van der Waals surface area contributed by atoms with Gasteiger partial charge < -0.3 is 14.8 Å². The summed E-state index contributed by atoms with van der Waals surface area (Å²) in [5.74, 6) is 2.31. The van der Waals surface area contributed by atoms with Gasteiger partial charge in [-0.25, -0.2) is 0 Å². The van der Waals surface area contributed by atoms with Crippen LogP contribution in [-0.2, 0) is 0 Å². The van der Waals surface area contributed by atoms with Crippen LogP contribution in [0.1, 0.15) is 33.6 Å².